The van der Waals surface area contributed by atoms with Gasteiger partial charge < -0.3 is 9.30 Å². The summed E-state index contributed by atoms with van der Waals surface area (Å²) in [5, 5.41) is 1.11. The van der Waals surface area contributed by atoms with Crippen molar-refractivity contribution < 1.29 is 9.13 Å². The van der Waals surface area contributed by atoms with Crippen molar-refractivity contribution in [1.29, 1.82) is 0 Å². The molecule has 6 heteroatoms. The first-order valence-electron chi connectivity index (χ1n) is 10.4. The van der Waals surface area contributed by atoms with E-state index >= 15 is 0 Å². The molecule has 2 heterocycles. The molecule has 1 atom stereocenters. The number of benzene rings is 3. The zero-order chi connectivity index (χ0) is 22.2. The van der Waals surface area contributed by atoms with Gasteiger partial charge >= 0.3 is 0 Å². The molecule has 2 aromatic heterocycles. The number of rotatable bonds is 5. The van der Waals surface area contributed by atoms with Gasteiger partial charge in [-0.1, -0.05) is 43.3 Å². The third-order valence-electron chi connectivity index (χ3n) is 5.81. The quantitative estimate of drug-likeness (QED) is 0.301. The van der Waals surface area contributed by atoms with Crippen molar-refractivity contribution >= 4 is 22.4 Å². The molecule has 0 aliphatic rings. The van der Waals surface area contributed by atoms with Gasteiger partial charge in [-0.2, -0.15) is 4.37 Å². The molecule has 0 saturated heterocycles. The van der Waals surface area contributed by atoms with Crippen LogP contribution < -0.4 is 4.74 Å². The number of hydrogen-bond donors (Lipinski definition) is 0. The maximum atomic E-state index is 13.4. The van der Waals surface area contributed by atoms with E-state index in [1.165, 1.54) is 23.7 Å². The van der Waals surface area contributed by atoms with Crippen LogP contribution in [0.15, 0.2) is 73.2 Å². The van der Waals surface area contributed by atoms with Crippen molar-refractivity contribution in [2.24, 2.45) is 0 Å². The van der Waals surface area contributed by atoms with Gasteiger partial charge in [0.1, 0.15) is 11.6 Å². The summed E-state index contributed by atoms with van der Waals surface area (Å²) in [6.45, 7) is 4.09. The van der Waals surface area contributed by atoms with Crippen LogP contribution in [0.1, 0.15) is 29.7 Å². The number of aryl methyl sites for hydroxylation is 1. The highest BCUT2D eigenvalue weighted by atomic mass is 32.1. The lowest BCUT2D eigenvalue weighted by atomic mass is 9.91. The summed E-state index contributed by atoms with van der Waals surface area (Å²) >= 11 is 1.49. The molecule has 32 heavy (non-hydrogen) atoms. The van der Waals surface area contributed by atoms with Crippen LogP contribution in [-0.4, -0.2) is 21.0 Å². The van der Waals surface area contributed by atoms with E-state index in [1.54, 1.807) is 13.4 Å². The molecule has 4 nitrogen and oxygen atoms in total. The Kier molecular flexibility index (Phi) is 5.23. The molecule has 0 N–H and O–H groups in total. The van der Waals surface area contributed by atoms with E-state index in [0.717, 1.165) is 49.6 Å². The van der Waals surface area contributed by atoms with Crippen LogP contribution in [0.4, 0.5) is 4.39 Å². The number of methoxy groups -OCH3 is 1. The fraction of sp³-hybridized carbons (Fsp3) is 0.154. The van der Waals surface area contributed by atoms with Gasteiger partial charge in [0, 0.05) is 17.5 Å². The first kappa shape index (κ1) is 20.4. The monoisotopic (exact) mass is 443 g/mol. The maximum Gasteiger partial charge on any atom is 0.143 e. The Hall–Kier alpha value is -3.51. The Morgan fingerprint density at radius 3 is 2.59 bits per heavy atom. The number of ether oxygens (including phenoxy) is 1. The lowest BCUT2D eigenvalue weighted by Gasteiger charge is -2.13. The SMILES string of the molecule is COc1cc(-c2snc3c(C(C)c4ccc(F)cc4)cccc23)ccc1-n1cnc(C)c1. The second-order valence-corrected chi connectivity index (χ2v) is 8.61. The van der Waals surface area contributed by atoms with Crippen molar-refractivity contribution in [3.05, 3.63) is 95.8 Å². The first-order valence-corrected chi connectivity index (χ1v) is 11.2. The molecule has 5 rings (SSSR count). The first-order chi connectivity index (χ1) is 15.5. The lowest BCUT2D eigenvalue weighted by molar-refractivity contribution is 0.413. The summed E-state index contributed by atoms with van der Waals surface area (Å²) in [6, 6.07) is 19.2. The fourth-order valence-corrected chi connectivity index (χ4v) is 4.94. The molecule has 1 unspecified atom stereocenters. The van der Waals surface area contributed by atoms with Gasteiger partial charge in [-0.25, -0.2) is 9.37 Å². The van der Waals surface area contributed by atoms with Gasteiger partial charge in [0.05, 0.1) is 35.2 Å². The van der Waals surface area contributed by atoms with E-state index in [-0.39, 0.29) is 11.7 Å². The van der Waals surface area contributed by atoms with Crippen molar-refractivity contribution in [2.45, 2.75) is 19.8 Å². The molecule has 0 aliphatic carbocycles. The van der Waals surface area contributed by atoms with Crippen LogP contribution in [0.5, 0.6) is 5.75 Å². The number of nitrogens with zero attached hydrogens (tertiary/aromatic N) is 3. The summed E-state index contributed by atoms with van der Waals surface area (Å²) in [7, 11) is 1.68. The van der Waals surface area contributed by atoms with Crippen molar-refractivity contribution in [3.8, 4) is 21.9 Å². The van der Waals surface area contributed by atoms with Crippen molar-refractivity contribution in [3.63, 3.8) is 0 Å². The standard InChI is InChI=1S/C26H22FN3OS/c1-16-14-30(15-28-16)23-12-9-19(13-24(23)31-3)26-22-6-4-5-21(25(22)29-32-26)17(2)18-7-10-20(27)11-8-18/h4-15,17H,1-3H3. The largest absolute Gasteiger partial charge is 0.495 e. The van der Waals surface area contributed by atoms with Crippen LogP contribution in [0, 0.1) is 12.7 Å². The third kappa shape index (κ3) is 3.56. The van der Waals surface area contributed by atoms with Gasteiger partial charge in [0.15, 0.2) is 0 Å². The van der Waals surface area contributed by atoms with E-state index in [4.69, 9.17) is 9.11 Å². The number of hydrogen-bond acceptors (Lipinski definition) is 4. The van der Waals surface area contributed by atoms with Crippen molar-refractivity contribution in [1.82, 2.24) is 13.9 Å². The zero-order valence-corrected chi connectivity index (χ0v) is 18.9. The normalized spacial score (nSPS) is 12.2. The average Bonchev–Trinajstić information content (AvgIpc) is 3.45. The third-order valence-corrected chi connectivity index (χ3v) is 6.72. The van der Waals surface area contributed by atoms with Crippen LogP contribution in [0.25, 0.3) is 27.0 Å². The van der Waals surface area contributed by atoms with Gasteiger partial charge in [0.25, 0.3) is 0 Å². The predicted octanol–water partition coefficient (Wildman–Crippen LogP) is 6.76. The average molecular weight is 444 g/mol. The van der Waals surface area contributed by atoms with E-state index in [1.807, 2.05) is 42.0 Å². The lowest BCUT2D eigenvalue weighted by Crippen LogP contribution is -1.97. The number of fused-ring (bicyclic) bond motifs is 1. The Morgan fingerprint density at radius 1 is 1.06 bits per heavy atom. The smallest absolute Gasteiger partial charge is 0.143 e. The molecule has 0 saturated carbocycles. The summed E-state index contributed by atoms with van der Waals surface area (Å²) in [5.41, 5.74) is 6.13. The Balaban J connectivity index is 1.57. The second-order valence-electron chi connectivity index (χ2n) is 7.84. The predicted molar refractivity (Wildman–Crippen MR) is 127 cm³/mol. The number of halogens is 1. The van der Waals surface area contributed by atoms with Crippen molar-refractivity contribution in [2.75, 3.05) is 7.11 Å². The summed E-state index contributed by atoms with van der Waals surface area (Å²) in [6.07, 6.45) is 3.76. The highest BCUT2D eigenvalue weighted by Gasteiger charge is 2.18. The molecule has 0 bridgehead atoms. The van der Waals surface area contributed by atoms with Crippen LogP contribution in [0.2, 0.25) is 0 Å². The number of imidazole rings is 1. The summed E-state index contributed by atoms with van der Waals surface area (Å²) in [5.74, 6) is 0.659. The molecule has 0 amide bonds. The topological polar surface area (TPSA) is 39.9 Å². The molecular formula is C26H22FN3OS. The maximum absolute atomic E-state index is 13.4. The molecule has 3 aromatic carbocycles. The minimum absolute atomic E-state index is 0.107. The summed E-state index contributed by atoms with van der Waals surface area (Å²) in [4.78, 5) is 5.41. The van der Waals surface area contributed by atoms with Crippen LogP contribution in [0.3, 0.4) is 0 Å². The fourth-order valence-electron chi connectivity index (χ4n) is 4.06. The highest BCUT2D eigenvalue weighted by Crippen LogP contribution is 2.39. The molecule has 0 aliphatic heterocycles. The Morgan fingerprint density at radius 2 is 1.88 bits per heavy atom. The number of aromatic nitrogens is 3. The van der Waals surface area contributed by atoms with E-state index in [9.17, 15) is 4.39 Å². The van der Waals surface area contributed by atoms with E-state index in [2.05, 4.69) is 36.2 Å². The van der Waals surface area contributed by atoms with Gasteiger partial charge in [-0.3, -0.25) is 0 Å². The van der Waals surface area contributed by atoms with Crippen LogP contribution >= 0.6 is 11.5 Å². The Bertz CT molecular complexity index is 1400. The summed E-state index contributed by atoms with van der Waals surface area (Å²) < 4.78 is 25.8. The molecule has 160 valence electrons. The van der Waals surface area contributed by atoms with Crippen LogP contribution in [-0.2, 0) is 0 Å². The zero-order valence-electron chi connectivity index (χ0n) is 18.0. The van der Waals surface area contributed by atoms with E-state index < -0.39 is 0 Å². The van der Waals surface area contributed by atoms with Gasteiger partial charge in [-0.05, 0) is 59.4 Å². The molecule has 0 spiro atoms. The second kappa shape index (κ2) is 8.20. The molecule has 5 aromatic rings. The van der Waals surface area contributed by atoms with Gasteiger partial charge in [0.2, 0.25) is 0 Å². The highest BCUT2D eigenvalue weighted by molar-refractivity contribution is 7.11. The minimum Gasteiger partial charge on any atom is -0.495 e. The molecular weight excluding hydrogens is 421 g/mol. The molecule has 0 fully saturated rings. The van der Waals surface area contributed by atoms with Gasteiger partial charge in [-0.15, -0.1) is 0 Å². The van der Waals surface area contributed by atoms with E-state index in [0.29, 0.717) is 0 Å². The Labute approximate surface area is 190 Å². The minimum atomic E-state index is -0.224. The molecule has 0 radical (unpaired) electrons.